The van der Waals surface area contributed by atoms with E-state index in [9.17, 15) is 10.1 Å². The van der Waals surface area contributed by atoms with Crippen molar-refractivity contribution in [3.63, 3.8) is 0 Å². The SMILES string of the molecule is NNc1ccc(COc2cccc([N+](=O)[O-])c2Br)cn1. The van der Waals surface area contributed by atoms with Gasteiger partial charge >= 0.3 is 0 Å². The Hall–Kier alpha value is -2.19. The molecule has 0 radical (unpaired) electrons. The molecule has 0 spiro atoms. The zero-order chi connectivity index (χ0) is 14.5. The lowest BCUT2D eigenvalue weighted by Crippen LogP contribution is -2.08. The van der Waals surface area contributed by atoms with Crippen LogP contribution in [-0.4, -0.2) is 9.91 Å². The van der Waals surface area contributed by atoms with Crippen LogP contribution in [0.1, 0.15) is 5.56 Å². The van der Waals surface area contributed by atoms with E-state index in [4.69, 9.17) is 10.6 Å². The fourth-order valence-electron chi connectivity index (χ4n) is 1.51. The summed E-state index contributed by atoms with van der Waals surface area (Å²) >= 11 is 3.17. The molecule has 3 N–H and O–H groups in total. The van der Waals surface area contributed by atoms with Crippen LogP contribution in [0.3, 0.4) is 0 Å². The smallest absolute Gasteiger partial charge is 0.287 e. The molecule has 0 saturated heterocycles. The van der Waals surface area contributed by atoms with E-state index < -0.39 is 4.92 Å². The van der Waals surface area contributed by atoms with Crippen LogP contribution < -0.4 is 16.0 Å². The van der Waals surface area contributed by atoms with Crippen LogP contribution in [0.2, 0.25) is 0 Å². The normalized spacial score (nSPS) is 10.1. The first kappa shape index (κ1) is 14.2. The fraction of sp³-hybridized carbons (Fsp3) is 0.0833. The summed E-state index contributed by atoms with van der Waals surface area (Å²) in [5.41, 5.74) is 3.21. The van der Waals surface area contributed by atoms with Crippen molar-refractivity contribution in [2.45, 2.75) is 6.61 Å². The molecule has 0 atom stereocenters. The summed E-state index contributed by atoms with van der Waals surface area (Å²) in [5, 5.41) is 10.8. The number of nitrogens with one attached hydrogen (secondary N) is 1. The molecule has 0 saturated carbocycles. The van der Waals surface area contributed by atoms with Gasteiger partial charge in [-0.05, 0) is 28.1 Å². The van der Waals surface area contributed by atoms with E-state index in [2.05, 4.69) is 26.3 Å². The van der Waals surface area contributed by atoms with Gasteiger partial charge in [0.05, 0.1) is 4.92 Å². The van der Waals surface area contributed by atoms with Crippen molar-refractivity contribution in [3.05, 3.63) is 56.7 Å². The minimum Gasteiger partial charge on any atom is -0.487 e. The molecule has 0 bridgehead atoms. The van der Waals surface area contributed by atoms with Crippen LogP contribution in [0.5, 0.6) is 5.75 Å². The topological polar surface area (TPSA) is 103 Å². The molecule has 2 aromatic rings. The number of benzene rings is 1. The second-order valence-electron chi connectivity index (χ2n) is 3.83. The minimum atomic E-state index is -0.472. The molecule has 8 heteroatoms. The monoisotopic (exact) mass is 338 g/mol. The molecule has 0 aliphatic carbocycles. The number of ether oxygens (including phenoxy) is 1. The van der Waals surface area contributed by atoms with Gasteiger partial charge < -0.3 is 10.2 Å². The number of hydrogen-bond acceptors (Lipinski definition) is 6. The molecule has 20 heavy (non-hydrogen) atoms. The van der Waals surface area contributed by atoms with Crippen molar-refractivity contribution >= 4 is 27.4 Å². The average Bonchev–Trinajstić information content (AvgIpc) is 2.46. The van der Waals surface area contributed by atoms with Gasteiger partial charge in [-0.3, -0.25) is 10.1 Å². The first-order chi connectivity index (χ1) is 9.61. The van der Waals surface area contributed by atoms with Crippen LogP contribution in [0.15, 0.2) is 41.0 Å². The lowest BCUT2D eigenvalue weighted by atomic mass is 10.3. The van der Waals surface area contributed by atoms with Gasteiger partial charge in [0, 0.05) is 17.8 Å². The van der Waals surface area contributed by atoms with Gasteiger partial charge in [0.25, 0.3) is 5.69 Å². The van der Waals surface area contributed by atoms with E-state index in [1.165, 1.54) is 6.07 Å². The molecule has 0 unspecified atom stereocenters. The Morgan fingerprint density at radius 3 is 2.80 bits per heavy atom. The van der Waals surface area contributed by atoms with Gasteiger partial charge in [0.15, 0.2) is 0 Å². The quantitative estimate of drug-likeness (QED) is 0.493. The number of hydrazine groups is 1. The van der Waals surface area contributed by atoms with E-state index in [1.807, 2.05) is 0 Å². The Labute approximate surface area is 123 Å². The van der Waals surface area contributed by atoms with Crippen LogP contribution in [0.4, 0.5) is 11.5 Å². The number of halogens is 1. The summed E-state index contributed by atoms with van der Waals surface area (Å²) in [4.78, 5) is 14.4. The number of nitro benzene ring substituents is 1. The number of rotatable bonds is 5. The molecule has 0 amide bonds. The summed E-state index contributed by atoms with van der Waals surface area (Å²) in [7, 11) is 0. The number of nitrogens with two attached hydrogens (primary N) is 1. The number of nitro groups is 1. The van der Waals surface area contributed by atoms with E-state index >= 15 is 0 Å². The Kier molecular flexibility index (Phi) is 4.49. The largest absolute Gasteiger partial charge is 0.487 e. The fourth-order valence-corrected chi connectivity index (χ4v) is 2.03. The third-order valence-corrected chi connectivity index (χ3v) is 3.30. The molecule has 1 heterocycles. The molecular formula is C12H11BrN4O3. The van der Waals surface area contributed by atoms with Crippen molar-refractivity contribution in [1.29, 1.82) is 0 Å². The summed E-state index contributed by atoms with van der Waals surface area (Å²) in [6.07, 6.45) is 1.61. The maximum Gasteiger partial charge on any atom is 0.287 e. The van der Waals surface area contributed by atoms with E-state index in [-0.39, 0.29) is 12.3 Å². The van der Waals surface area contributed by atoms with Gasteiger partial charge in [-0.15, -0.1) is 0 Å². The highest BCUT2D eigenvalue weighted by molar-refractivity contribution is 9.10. The molecule has 1 aromatic heterocycles. The van der Waals surface area contributed by atoms with Gasteiger partial charge in [-0.1, -0.05) is 12.1 Å². The van der Waals surface area contributed by atoms with Gasteiger partial charge in [0.2, 0.25) is 0 Å². The van der Waals surface area contributed by atoms with E-state index in [0.29, 0.717) is 16.0 Å². The maximum atomic E-state index is 10.8. The molecular weight excluding hydrogens is 328 g/mol. The molecule has 0 fully saturated rings. The highest BCUT2D eigenvalue weighted by Crippen LogP contribution is 2.34. The lowest BCUT2D eigenvalue weighted by molar-refractivity contribution is -0.385. The van der Waals surface area contributed by atoms with Crippen LogP contribution in [-0.2, 0) is 6.61 Å². The Balaban J connectivity index is 2.10. The number of pyridine rings is 1. The molecule has 1 aromatic carbocycles. The predicted molar refractivity (Wildman–Crippen MR) is 77.2 cm³/mol. The second kappa shape index (κ2) is 6.31. The average molecular weight is 339 g/mol. The highest BCUT2D eigenvalue weighted by atomic mass is 79.9. The van der Waals surface area contributed by atoms with E-state index in [1.54, 1.807) is 30.5 Å². The molecule has 0 aliphatic rings. The highest BCUT2D eigenvalue weighted by Gasteiger charge is 2.15. The van der Waals surface area contributed by atoms with Crippen molar-refractivity contribution in [1.82, 2.24) is 4.98 Å². The van der Waals surface area contributed by atoms with Gasteiger partial charge in [-0.25, -0.2) is 10.8 Å². The van der Waals surface area contributed by atoms with Gasteiger partial charge in [0.1, 0.15) is 22.6 Å². The molecule has 2 rings (SSSR count). The zero-order valence-electron chi connectivity index (χ0n) is 10.2. The standard InChI is InChI=1S/C12H11BrN4O3/c13-12-9(17(18)19)2-1-3-10(12)20-7-8-4-5-11(16-14)15-6-8/h1-6H,7,14H2,(H,15,16). The molecule has 104 valence electrons. The number of anilines is 1. The van der Waals surface area contributed by atoms with Gasteiger partial charge in [-0.2, -0.15) is 0 Å². The predicted octanol–water partition coefficient (Wildman–Crippen LogP) is 2.62. The third-order valence-electron chi connectivity index (χ3n) is 2.51. The van der Waals surface area contributed by atoms with Crippen LogP contribution in [0.25, 0.3) is 0 Å². The van der Waals surface area contributed by atoms with Crippen molar-refractivity contribution in [2.75, 3.05) is 5.43 Å². The maximum absolute atomic E-state index is 10.8. The summed E-state index contributed by atoms with van der Waals surface area (Å²) in [5.74, 6) is 6.17. The summed E-state index contributed by atoms with van der Waals surface area (Å²) in [6, 6.07) is 8.13. The first-order valence-electron chi connectivity index (χ1n) is 5.59. The number of nitrogen functional groups attached to an aromatic ring is 1. The van der Waals surface area contributed by atoms with E-state index in [0.717, 1.165) is 5.56 Å². The molecule has 0 aliphatic heterocycles. The second-order valence-corrected chi connectivity index (χ2v) is 4.62. The Bertz CT molecular complexity index is 619. The summed E-state index contributed by atoms with van der Waals surface area (Å²) in [6.45, 7) is 0.248. The van der Waals surface area contributed by atoms with Crippen LogP contribution in [0, 0.1) is 10.1 Å². The van der Waals surface area contributed by atoms with Crippen LogP contribution >= 0.6 is 15.9 Å². The minimum absolute atomic E-state index is 0.0386. The molecule has 7 nitrogen and oxygen atoms in total. The number of hydrogen-bond donors (Lipinski definition) is 2. The Morgan fingerprint density at radius 1 is 1.40 bits per heavy atom. The number of nitrogens with zero attached hydrogens (tertiary/aromatic N) is 2. The van der Waals surface area contributed by atoms with Crippen molar-refractivity contribution in [3.8, 4) is 5.75 Å². The van der Waals surface area contributed by atoms with Crippen molar-refractivity contribution in [2.24, 2.45) is 5.84 Å². The first-order valence-corrected chi connectivity index (χ1v) is 6.38. The third kappa shape index (κ3) is 3.22. The summed E-state index contributed by atoms with van der Waals surface area (Å²) < 4.78 is 5.86. The lowest BCUT2D eigenvalue weighted by Gasteiger charge is -2.08. The number of aromatic nitrogens is 1. The Morgan fingerprint density at radius 2 is 2.20 bits per heavy atom. The van der Waals surface area contributed by atoms with Crippen molar-refractivity contribution < 1.29 is 9.66 Å². The zero-order valence-corrected chi connectivity index (χ0v) is 11.8.